The van der Waals surface area contributed by atoms with Crippen molar-refractivity contribution in [3.63, 3.8) is 0 Å². The van der Waals surface area contributed by atoms with Crippen molar-refractivity contribution >= 4 is 22.8 Å². The minimum absolute atomic E-state index is 0.463. The highest BCUT2D eigenvalue weighted by Gasteiger charge is 2.14. The first-order valence-corrected chi connectivity index (χ1v) is 8.42. The third-order valence-electron chi connectivity index (χ3n) is 3.67. The lowest BCUT2D eigenvalue weighted by atomic mass is 10.2. The van der Waals surface area contributed by atoms with E-state index in [9.17, 15) is 0 Å². The second kappa shape index (κ2) is 6.09. The molecular formula is C17H14N4O2S. The quantitative estimate of drug-likeness (QED) is 0.516. The monoisotopic (exact) mass is 338 g/mol. The van der Waals surface area contributed by atoms with Gasteiger partial charge in [0.15, 0.2) is 0 Å². The van der Waals surface area contributed by atoms with Gasteiger partial charge < -0.3 is 8.83 Å². The van der Waals surface area contributed by atoms with Gasteiger partial charge in [-0.05, 0) is 32.0 Å². The summed E-state index contributed by atoms with van der Waals surface area (Å²) in [5.41, 5.74) is 4.43. The zero-order valence-corrected chi connectivity index (χ0v) is 14.0. The SMILES string of the molecule is Cc1nc2ccccc2nc1CSc1nnc(-c2ccoc2C)o1. The third-order valence-corrected chi connectivity index (χ3v) is 4.50. The van der Waals surface area contributed by atoms with E-state index < -0.39 is 0 Å². The van der Waals surface area contributed by atoms with E-state index in [2.05, 4.69) is 20.2 Å². The summed E-state index contributed by atoms with van der Waals surface area (Å²) in [6.45, 7) is 3.82. The van der Waals surface area contributed by atoms with Crippen molar-refractivity contribution in [3.8, 4) is 11.5 Å². The topological polar surface area (TPSA) is 77.8 Å². The fraction of sp³-hybridized carbons (Fsp3) is 0.176. The molecule has 0 fully saturated rings. The Morgan fingerprint density at radius 1 is 1.00 bits per heavy atom. The second-order valence-electron chi connectivity index (χ2n) is 5.30. The number of rotatable bonds is 4. The summed E-state index contributed by atoms with van der Waals surface area (Å²) in [6, 6.07) is 9.66. The number of nitrogens with zero attached hydrogens (tertiary/aromatic N) is 4. The molecule has 0 aliphatic rings. The lowest BCUT2D eigenvalue weighted by Crippen LogP contribution is -1.96. The van der Waals surface area contributed by atoms with Gasteiger partial charge in [0.2, 0.25) is 0 Å². The Morgan fingerprint density at radius 3 is 2.54 bits per heavy atom. The van der Waals surface area contributed by atoms with Crippen LogP contribution >= 0.6 is 11.8 Å². The summed E-state index contributed by atoms with van der Waals surface area (Å²) >= 11 is 1.45. The van der Waals surface area contributed by atoms with Crippen LogP contribution in [0.3, 0.4) is 0 Å². The van der Waals surface area contributed by atoms with Gasteiger partial charge in [-0.2, -0.15) is 0 Å². The molecule has 4 aromatic rings. The highest BCUT2D eigenvalue weighted by molar-refractivity contribution is 7.98. The zero-order chi connectivity index (χ0) is 16.5. The molecule has 0 N–H and O–H groups in total. The van der Waals surface area contributed by atoms with E-state index >= 15 is 0 Å². The summed E-state index contributed by atoms with van der Waals surface area (Å²) < 4.78 is 11.0. The molecule has 6 nitrogen and oxygen atoms in total. The van der Waals surface area contributed by atoms with E-state index in [-0.39, 0.29) is 0 Å². The smallest absolute Gasteiger partial charge is 0.277 e. The molecule has 0 amide bonds. The second-order valence-corrected chi connectivity index (χ2v) is 6.22. The number of thioether (sulfide) groups is 1. The molecular weight excluding hydrogens is 324 g/mol. The van der Waals surface area contributed by atoms with Crippen molar-refractivity contribution in [2.45, 2.75) is 24.8 Å². The number of para-hydroxylation sites is 2. The van der Waals surface area contributed by atoms with E-state index in [0.29, 0.717) is 16.9 Å². The van der Waals surface area contributed by atoms with Crippen LogP contribution in [0.25, 0.3) is 22.5 Å². The summed E-state index contributed by atoms with van der Waals surface area (Å²) in [7, 11) is 0. The zero-order valence-electron chi connectivity index (χ0n) is 13.2. The van der Waals surface area contributed by atoms with Crippen molar-refractivity contribution in [1.82, 2.24) is 20.2 Å². The maximum atomic E-state index is 5.69. The number of aryl methyl sites for hydroxylation is 2. The first-order chi connectivity index (χ1) is 11.7. The molecule has 24 heavy (non-hydrogen) atoms. The Bertz CT molecular complexity index is 1010. The minimum Gasteiger partial charge on any atom is -0.469 e. The number of fused-ring (bicyclic) bond motifs is 1. The molecule has 7 heteroatoms. The van der Waals surface area contributed by atoms with Gasteiger partial charge in [0.05, 0.1) is 34.2 Å². The lowest BCUT2D eigenvalue weighted by Gasteiger charge is -2.04. The van der Waals surface area contributed by atoms with Crippen LogP contribution in [0.5, 0.6) is 0 Å². The number of furan rings is 1. The molecule has 3 heterocycles. The van der Waals surface area contributed by atoms with Gasteiger partial charge in [-0.15, -0.1) is 10.2 Å². The Hall–Kier alpha value is -2.67. The van der Waals surface area contributed by atoms with E-state index in [4.69, 9.17) is 8.83 Å². The van der Waals surface area contributed by atoms with Crippen molar-refractivity contribution < 1.29 is 8.83 Å². The van der Waals surface area contributed by atoms with E-state index in [1.165, 1.54) is 11.8 Å². The molecule has 3 aromatic heterocycles. The molecule has 1 aromatic carbocycles. The van der Waals surface area contributed by atoms with Crippen LogP contribution in [0.1, 0.15) is 17.1 Å². The van der Waals surface area contributed by atoms with Gasteiger partial charge in [-0.25, -0.2) is 9.97 Å². The van der Waals surface area contributed by atoms with Crippen LogP contribution in [0.15, 0.2) is 50.7 Å². The molecule has 0 aliphatic carbocycles. The van der Waals surface area contributed by atoms with Gasteiger partial charge >= 0.3 is 0 Å². The molecule has 0 saturated carbocycles. The van der Waals surface area contributed by atoms with E-state index in [0.717, 1.165) is 33.7 Å². The molecule has 0 radical (unpaired) electrons. The highest BCUT2D eigenvalue weighted by atomic mass is 32.2. The maximum Gasteiger partial charge on any atom is 0.277 e. The van der Waals surface area contributed by atoms with Crippen molar-refractivity contribution in [2.75, 3.05) is 0 Å². The van der Waals surface area contributed by atoms with Crippen LogP contribution in [-0.2, 0) is 5.75 Å². The third kappa shape index (κ3) is 2.78. The highest BCUT2D eigenvalue weighted by Crippen LogP contribution is 2.28. The average Bonchev–Trinajstić information content (AvgIpc) is 3.21. The van der Waals surface area contributed by atoms with Gasteiger partial charge in [-0.1, -0.05) is 23.9 Å². The van der Waals surface area contributed by atoms with Gasteiger partial charge in [-0.3, -0.25) is 0 Å². The lowest BCUT2D eigenvalue weighted by molar-refractivity contribution is 0.463. The predicted octanol–water partition coefficient (Wildman–Crippen LogP) is 4.18. The van der Waals surface area contributed by atoms with Crippen molar-refractivity contribution in [1.29, 1.82) is 0 Å². The van der Waals surface area contributed by atoms with Gasteiger partial charge in [0.1, 0.15) is 5.76 Å². The normalized spacial score (nSPS) is 11.2. The summed E-state index contributed by atoms with van der Waals surface area (Å²) in [5, 5.41) is 8.65. The minimum atomic E-state index is 0.463. The largest absolute Gasteiger partial charge is 0.469 e. The number of benzene rings is 1. The van der Waals surface area contributed by atoms with Gasteiger partial charge in [0.25, 0.3) is 11.1 Å². The number of hydrogen-bond donors (Lipinski definition) is 0. The molecule has 0 unspecified atom stereocenters. The number of hydrogen-bond acceptors (Lipinski definition) is 7. The van der Waals surface area contributed by atoms with E-state index in [1.807, 2.05) is 44.2 Å². The molecule has 0 atom stereocenters. The molecule has 120 valence electrons. The van der Waals surface area contributed by atoms with Crippen molar-refractivity contribution in [3.05, 3.63) is 53.7 Å². The molecule has 0 saturated heterocycles. The van der Waals surface area contributed by atoms with Crippen LogP contribution < -0.4 is 0 Å². The molecule has 0 spiro atoms. The standard InChI is InChI=1S/C17H14N4O2S/c1-10-15(19-14-6-4-3-5-13(14)18-10)9-24-17-21-20-16(23-17)12-7-8-22-11(12)2/h3-8H,9H2,1-2H3. The van der Waals surface area contributed by atoms with Crippen LogP contribution in [0, 0.1) is 13.8 Å². The average molecular weight is 338 g/mol. The Balaban J connectivity index is 1.54. The van der Waals surface area contributed by atoms with Crippen LogP contribution in [-0.4, -0.2) is 20.2 Å². The Labute approximate surface area is 142 Å². The maximum absolute atomic E-state index is 5.69. The van der Waals surface area contributed by atoms with Crippen LogP contribution in [0.4, 0.5) is 0 Å². The first-order valence-electron chi connectivity index (χ1n) is 7.44. The Kier molecular flexibility index (Phi) is 3.78. The number of aromatic nitrogens is 4. The summed E-state index contributed by atoms with van der Waals surface area (Å²) in [5.74, 6) is 1.84. The Morgan fingerprint density at radius 2 is 1.79 bits per heavy atom. The summed E-state index contributed by atoms with van der Waals surface area (Å²) in [6.07, 6.45) is 1.61. The van der Waals surface area contributed by atoms with Crippen molar-refractivity contribution in [2.24, 2.45) is 0 Å². The fourth-order valence-electron chi connectivity index (χ4n) is 2.38. The molecule has 0 bridgehead atoms. The van der Waals surface area contributed by atoms with E-state index in [1.54, 1.807) is 6.26 Å². The summed E-state index contributed by atoms with van der Waals surface area (Å²) in [4.78, 5) is 9.26. The first kappa shape index (κ1) is 14.9. The molecule has 0 aliphatic heterocycles. The van der Waals surface area contributed by atoms with Gasteiger partial charge in [0, 0.05) is 5.75 Å². The predicted molar refractivity (Wildman–Crippen MR) is 90.6 cm³/mol. The molecule has 4 rings (SSSR count). The van der Waals surface area contributed by atoms with Crippen LogP contribution in [0.2, 0.25) is 0 Å². The fourth-order valence-corrected chi connectivity index (χ4v) is 3.15.